The first-order valence-corrected chi connectivity index (χ1v) is 9.89. The van der Waals surface area contributed by atoms with Crippen LogP contribution >= 0.6 is 0 Å². The van der Waals surface area contributed by atoms with Crippen LogP contribution in [0.15, 0.2) is 30.6 Å². The molecule has 0 aromatic carbocycles. The van der Waals surface area contributed by atoms with Crippen molar-refractivity contribution in [2.75, 3.05) is 13.1 Å². The lowest BCUT2D eigenvalue weighted by Crippen LogP contribution is -2.31. The fraction of sp³-hybridized carbons (Fsp3) is 0.476. The molecule has 166 valence electrons. The van der Waals surface area contributed by atoms with Crippen molar-refractivity contribution in [3.63, 3.8) is 0 Å². The van der Waals surface area contributed by atoms with Crippen LogP contribution in [-0.4, -0.2) is 56.1 Å². The minimum atomic E-state index is -5.08. The summed E-state index contributed by atoms with van der Waals surface area (Å²) in [5, 5.41) is 7.12. The summed E-state index contributed by atoms with van der Waals surface area (Å²) in [4.78, 5) is 37.0. The summed E-state index contributed by atoms with van der Waals surface area (Å²) in [5.74, 6) is -0.417. The largest absolute Gasteiger partial charge is 0.490 e. The first-order chi connectivity index (χ1) is 14.6. The molecule has 31 heavy (non-hydrogen) atoms. The van der Waals surface area contributed by atoms with Crippen molar-refractivity contribution >= 4 is 11.9 Å². The summed E-state index contributed by atoms with van der Waals surface area (Å²) in [6.45, 7) is 5.85. The number of halogens is 3. The molecule has 1 aliphatic carbocycles. The van der Waals surface area contributed by atoms with Crippen molar-refractivity contribution in [2.45, 2.75) is 44.7 Å². The van der Waals surface area contributed by atoms with Crippen molar-refractivity contribution in [3.8, 4) is 0 Å². The molecule has 0 saturated carbocycles. The van der Waals surface area contributed by atoms with E-state index in [1.54, 1.807) is 6.20 Å². The maximum atomic E-state index is 12.6. The molecule has 1 aliphatic heterocycles. The molecule has 0 spiro atoms. The molecular formula is C21H23F3N4O3. The van der Waals surface area contributed by atoms with E-state index in [0.29, 0.717) is 24.2 Å². The van der Waals surface area contributed by atoms with Gasteiger partial charge in [0.25, 0.3) is 0 Å². The first kappa shape index (κ1) is 22.6. The lowest BCUT2D eigenvalue weighted by Gasteiger charge is -2.17. The number of aromatic nitrogens is 3. The molecule has 1 fully saturated rings. The number of amides is 1. The van der Waals surface area contributed by atoms with Crippen LogP contribution in [0.1, 0.15) is 48.5 Å². The van der Waals surface area contributed by atoms with Crippen LogP contribution in [0.2, 0.25) is 0 Å². The van der Waals surface area contributed by atoms with Gasteiger partial charge in [-0.05, 0) is 30.0 Å². The molecule has 1 saturated heterocycles. The van der Waals surface area contributed by atoms with E-state index < -0.39 is 12.1 Å². The molecular weight excluding hydrogens is 413 g/mol. The Morgan fingerprint density at radius 2 is 1.94 bits per heavy atom. The fourth-order valence-corrected chi connectivity index (χ4v) is 3.85. The molecule has 2 aromatic heterocycles. The number of likely N-dealkylation sites (tertiary alicyclic amines) is 1. The highest BCUT2D eigenvalue weighted by Crippen LogP contribution is 2.42. The minimum absolute atomic E-state index is 0.171. The highest BCUT2D eigenvalue weighted by Gasteiger charge is 2.42. The van der Waals surface area contributed by atoms with Gasteiger partial charge in [-0.2, -0.15) is 13.2 Å². The third-order valence-electron chi connectivity index (χ3n) is 5.38. The molecule has 2 aliphatic rings. The summed E-state index contributed by atoms with van der Waals surface area (Å²) < 4.78 is 31.7. The average molecular weight is 436 g/mol. The number of carboxylic acid groups (broad SMARTS) is 1. The minimum Gasteiger partial charge on any atom is -0.475 e. The summed E-state index contributed by atoms with van der Waals surface area (Å²) >= 11 is 0. The number of carbonyl (C=O) groups excluding carboxylic acids is 1. The van der Waals surface area contributed by atoms with Gasteiger partial charge in [-0.25, -0.2) is 14.8 Å². The van der Waals surface area contributed by atoms with E-state index in [1.165, 1.54) is 11.3 Å². The number of aliphatic carboxylic acids is 1. The number of nitrogens with zero attached hydrogens (tertiary/aromatic N) is 4. The van der Waals surface area contributed by atoms with Crippen LogP contribution in [0.25, 0.3) is 0 Å². The van der Waals surface area contributed by atoms with Crippen molar-refractivity contribution in [3.05, 3.63) is 53.4 Å². The highest BCUT2D eigenvalue weighted by atomic mass is 19.4. The Bertz CT molecular complexity index is 951. The Kier molecular flexibility index (Phi) is 6.56. The normalized spacial score (nSPS) is 19.5. The van der Waals surface area contributed by atoms with E-state index in [0.717, 1.165) is 31.0 Å². The Labute approximate surface area is 177 Å². The average Bonchev–Trinajstić information content (AvgIpc) is 3.26. The van der Waals surface area contributed by atoms with Crippen LogP contribution in [0.5, 0.6) is 0 Å². The summed E-state index contributed by atoms with van der Waals surface area (Å²) in [6.07, 6.45) is 0.00180. The molecule has 2 atom stereocenters. The Balaban J connectivity index is 0.000000339. The maximum Gasteiger partial charge on any atom is 0.490 e. The number of fused-ring (bicyclic) bond motifs is 3. The van der Waals surface area contributed by atoms with Gasteiger partial charge in [-0.3, -0.25) is 9.78 Å². The lowest BCUT2D eigenvalue weighted by atomic mass is 9.97. The number of hydrogen-bond acceptors (Lipinski definition) is 5. The van der Waals surface area contributed by atoms with Gasteiger partial charge >= 0.3 is 12.1 Å². The van der Waals surface area contributed by atoms with Gasteiger partial charge in [0, 0.05) is 48.7 Å². The van der Waals surface area contributed by atoms with E-state index in [4.69, 9.17) is 14.9 Å². The predicted octanol–water partition coefficient (Wildman–Crippen LogP) is 2.97. The van der Waals surface area contributed by atoms with Crippen molar-refractivity contribution in [1.29, 1.82) is 0 Å². The van der Waals surface area contributed by atoms with E-state index >= 15 is 0 Å². The van der Waals surface area contributed by atoms with E-state index in [9.17, 15) is 18.0 Å². The number of carboxylic acids is 1. The zero-order valence-corrected chi connectivity index (χ0v) is 17.1. The van der Waals surface area contributed by atoms with Gasteiger partial charge in [-0.1, -0.05) is 19.9 Å². The van der Waals surface area contributed by atoms with Crippen LogP contribution in [0, 0.1) is 5.92 Å². The van der Waals surface area contributed by atoms with Gasteiger partial charge in [0.05, 0.1) is 6.42 Å². The SMILES string of the molecule is CC(C)c1ncc2c(n1)CC1CN(C(=O)Cc3ccccn3)CC21.O=C(O)C(F)(F)F. The third kappa shape index (κ3) is 5.36. The molecule has 3 heterocycles. The van der Waals surface area contributed by atoms with Gasteiger partial charge in [-0.15, -0.1) is 0 Å². The molecule has 0 radical (unpaired) electrons. The summed E-state index contributed by atoms with van der Waals surface area (Å²) in [6, 6.07) is 5.70. The molecule has 10 heteroatoms. The topological polar surface area (TPSA) is 96.3 Å². The zero-order chi connectivity index (χ0) is 22.8. The molecule has 7 nitrogen and oxygen atoms in total. The number of carbonyl (C=O) groups is 2. The maximum absolute atomic E-state index is 12.6. The second-order valence-electron chi connectivity index (χ2n) is 7.96. The quantitative estimate of drug-likeness (QED) is 0.795. The molecule has 1 amide bonds. The van der Waals surface area contributed by atoms with Gasteiger partial charge in [0.1, 0.15) is 5.82 Å². The van der Waals surface area contributed by atoms with Crippen LogP contribution in [-0.2, 0) is 22.4 Å². The number of hydrogen-bond donors (Lipinski definition) is 1. The lowest BCUT2D eigenvalue weighted by molar-refractivity contribution is -0.192. The molecule has 4 rings (SSSR count). The fourth-order valence-electron chi connectivity index (χ4n) is 3.85. The third-order valence-corrected chi connectivity index (χ3v) is 5.38. The van der Waals surface area contributed by atoms with E-state index in [1.807, 2.05) is 29.3 Å². The summed E-state index contributed by atoms with van der Waals surface area (Å²) in [5.41, 5.74) is 3.28. The van der Waals surface area contributed by atoms with E-state index in [2.05, 4.69) is 23.8 Å². The van der Waals surface area contributed by atoms with Crippen LogP contribution < -0.4 is 0 Å². The standard InChI is InChI=1S/C19H22N4O.C2HF3O2/c1-12(2)19-21-9-15-16-11-23(10-13(16)7-17(15)22-19)18(24)8-14-5-3-4-6-20-14;3-2(4,5)1(6)7/h3-6,9,12-13,16H,7-8,10-11H2,1-2H3;(H,6,7). The highest BCUT2D eigenvalue weighted by molar-refractivity contribution is 5.79. The first-order valence-electron chi connectivity index (χ1n) is 9.89. The number of alkyl halides is 3. The monoisotopic (exact) mass is 436 g/mol. The van der Waals surface area contributed by atoms with Gasteiger partial charge in [0.2, 0.25) is 5.91 Å². The van der Waals surface area contributed by atoms with Crippen LogP contribution in [0.4, 0.5) is 13.2 Å². The zero-order valence-electron chi connectivity index (χ0n) is 17.1. The Morgan fingerprint density at radius 3 is 2.52 bits per heavy atom. The van der Waals surface area contributed by atoms with E-state index in [-0.39, 0.29) is 5.91 Å². The van der Waals surface area contributed by atoms with Crippen molar-refractivity contribution in [2.24, 2.45) is 5.92 Å². The number of rotatable bonds is 3. The molecule has 2 unspecified atom stereocenters. The molecule has 0 bridgehead atoms. The van der Waals surface area contributed by atoms with Crippen molar-refractivity contribution < 1.29 is 27.9 Å². The van der Waals surface area contributed by atoms with Gasteiger partial charge < -0.3 is 10.0 Å². The predicted molar refractivity (Wildman–Crippen MR) is 104 cm³/mol. The Morgan fingerprint density at radius 1 is 1.23 bits per heavy atom. The smallest absolute Gasteiger partial charge is 0.475 e. The van der Waals surface area contributed by atoms with Crippen LogP contribution in [0.3, 0.4) is 0 Å². The second-order valence-corrected chi connectivity index (χ2v) is 7.96. The summed E-state index contributed by atoms with van der Waals surface area (Å²) in [7, 11) is 0. The molecule has 1 N–H and O–H groups in total. The van der Waals surface area contributed by atoms with Crippen molar-refractivity contribution in [1.82, 2.24) is 19.9 Å². The second kappa shape index (κ2) is 8.99. The Hall–Kier alpha value is -3.04. The number of pyridine rings is 1. The molecule has 2 aromatic rings. The van der Waals surface area contributed by atoms with Gasteiger partial charge in [0.15, 0.2) is 0 Å².